The normalized spacial score (nSPS) is 12.0. The summed E-state index contributed by atoms with van der Waals surface area (Å²) in [6.07, 6.45) is 4.70. The summed E-state index contributed by atoms with van der Waals surface area (Å²) in [5, 5.41) is 3.95. The number of nitrogens with one attached hydrogen (secondary N) is 1. The van der Waals surface area contributed by atoms with Crippen LogP contribution in [0.25, 0.3) is 0 Å². The lowest BCUT2D eigenvalue weighted by Gasteiger charge is -2.14. The van der Waals surface area contributed by atoms with E-state index >= 15 is 0 Å². The number of halogens is 1. The molecule has 2 rings (SSSR count). The molecule has 23 heavy (non-hydrogen) atoms. The van der Waals surface area contributed by atoms with E-state index in [1.165, 1.54) is 11.8 Å². The minimum Gasteiger partial charge on any atom is -0.495 e. The molecule has 1 aromatic heterocycles. The van der Waals surface area contributed by atoms with Crippen LogP contribution in [0.1, 0.15) is 20.3 Å². The van der Waals surface area contributed by atoms with Crippen molar-refractivity contribution in [2.45, 2.75) is 37.2 Å². The second-order valence-electron chi connectivity index (χ2n) is 5.00. The number of hydrogen-bond acceptors (Lipinski definition) is 4. The monoisotopic (exact) mass is 353 g/mol. The highest BCUT2D eigenvalue weighted by molar-refractivity contribution is 8.00. The highest BCUT2D eigenvalue weighted by Gasteiger charge is 2.18. The minimum absolute atomic E-state index is 0.124. The second-order valence-corrected chi connectivity index (χ2v) is 6.74. The Bertz CT molecular complexity index is 675. The fourth-order valence-electron chi connectivity index (χ4n) is 2.05. The van der Waals surface area contributed by atoms with Gasteiger partial charge in [0.05, 0.1) is 18.0 Å². The molecule has 1 amide bonds. The van der Waals surface area contributed by atoms with Crippen molar-refractivity contribution in [1.29, 1.82) is 0 Å². The van der Waals surface area contributed by atoms with Crippen LogP contribution >= 0.6 is 23.4 Å². The third-order valence-electron chi connectivity index (χ3n) is 3.21. The van der Waals surface area contributed by atoms with E-state index in [4.69, 9.17) is 16.3 Å². The van der Waals surface area contributed by atoms with E-state index in [0.717, 1.165) is 18.1 Å². The van der Waals surface area contributed by atoms with E-state index in [1.807, 2.05) is 13.1 Å². The Hall–Kier alpha value is -1.66. The average Bonchev–Trinajstić information content (AvgIpc) is 2.95. The Balaban J connectivity index is 2.05. The van der Waals surface area contributed by atoms with Crippen LogP contribution in [0.5, 0.6) is 5.75 Å². The van der Waals surface area contributed by atoms with Gasteiger partial charge in [-0.1, -0.05) is 30.3 Å². The number of ether oxygens (including phenoxy) is 1. The summed E-state index contributed by atoms with van der Waals surface area (Å²) in [4.78, 5) is 16.7. The number of hydrogen-bond donors (Lipinski definition) is 1. The molecule has 1 atom stereocenters. The van der Waals surface area contributed by atoms with E-state index < -0.39 is 0 Å². The molecule has 0 saturated heterocycles. The molecular formula is C16H20ClN3O2S. The fraction of sp³-hybridized carbons (Fsp3) is 0.375. The lowest BCUT2D eigenvalue weighted by molar-refractivity contribution is -0.115. The Morgan fingerprint density at radius 3 is 3.00 bits per heavy atom. The smallest absolute Gasteiger partial charge is 0.237 e. The Morgan fingerprint density at radius 1 is 1.52 bits per heavy atom. The number of benzene rings is 1. The van der Waals surface area contributed by atoms with Gasteiger partial charge in [0.25, 0.3) is 0 Å². The van der Waals surface area contributed by atoms with Crippen LogP contribution < -0.4 is 10.1 Å². The predicted octanol–water partition coefficient (Wildman–Crippen LogP) is 4.07. The largest absolute Gasteiger partial charge is 0.495 e. The SMILES string of the molecule is CCCn1ccnc1SC(C)C(=O)Nc1cc(Cl)ccc1OC. The molecule has 2 aromatic rings. The maximum absolute atomic E-state index is 12.4. The molecule has 1 unspecified atom stereocenters. The van der Waals surface area contributed by atoms with Gasteiger partial charge in [-0.2, -0.15) is 0 Å². The molecule has 0 aliphatic carbocycles. The molecule has 0 fully saturated rings. The van der Waals surface area contributed by atoms with E-state index in [-0.39, 0.29) is 11.2 Å². The zero-order chi connectivity index (χ0) is 16.8. The predicted molar refractivity (Wildman–Crippen MR) is 94.5 cm³/mol. The second kappa shape index (κ2) is 8.26. The van der Waals surface area contributed by atoms with Crippen molar-refractivity contribution in [2.75, 3.05) is 12.4 Å². The highest BCUT2D eigenvalue weighted by atomic mass is 35.5. The van der Waals surface area contributed by atoms with Crippen molar-refractivity contribution < 1.29 is 9.53 Å². The molecule has 0 aliphatic rings. The fourth-order valence-corrected chi connectivity index (χ4v) is 3.11. The number of carbonyl (C=O) groups excluding carboxylic acids is 1. The standard InChI is InChI=1S/C16H20ClN3O2S/c1-4-8-20-9-7-18-16(20)23-11(2)15(21)19-13-10-12(17)5-6-14(13)22-3/h5-7,9-11H,4,8H2,1-3H3,(H,19,21). The number of imidazole rings is 1. The first-order valence-corrected chi connectivity index (χ1v) is 8.63. The molecular weight excluding hydrogens is 334 g/mol. The molecule has 124 valence electrons. The number of anilines is 1. The van der Waals surface area contributed by atoms with Crippen molar-refractivity contribution >= 4 is 35.0 Å². The Labute approximate surface area is 145 Å². The summed E-state index contributed by atoms with van der Waals surface area (Å²) in [6, 6.07) is 5.12. The van der Waals surface area contributed by atoms with Crippen LogP contribution in [0.3, 0.4) is 0 Å². The summed E-state index contributed by atoms with van der Waals surface area (Å²) in [5.41, 5.74) is 0.564. The first kappa shape index (κ1) is 17.7. The van der Waals surface area contributed by atoms with Gasteiger partial charge >= 0.3 is 0 Å². The molecule has 1 heterocycles. The van der Waals surface area contributed by atoms with Gasteiger partial charge in [0.15, 0.2) is 5.16 Å². The molecule has 0 spiro atoms. The summed E-state index contributed by atoms with van der Waals surface area (Å²) in [6.45, 7) is 4.84. The first-order valence-electron chi connectivity index (χ1n) is 7.37. The van der Waals surface area contributed by atoms with Gasteiger partial charge in [-0.25, -0.2) is 4.98 Å². The average molecular weight is 354 g/mol. The van der Waals surface area contributed by atoms with E-state index in [2.05, 4.69) is 21.8 Å². The summed E-state index contributed by atoms with van der Waals surface area (Å²) < 4.78 is 7.29. The summed E-state index contributed by atoms with van der Waals surface area (Å²) in [5.74, 6) is 0.453. The number of methoxy groups -OCH3 is 1. The Kier molecular flexibility index (Phi) is 6.36. The summed E-state index contributed by atoms with van der Waals surface area (Å²) in [7, 11) is 1.55. The van der Waals surface area contributed by atoms with Crippen LogP contribution in [0.2, 0.25) is 5.02 Å². The van der Waals surface area contributed by atoms with Crippen molar-refractivity contribution in [1.82, 2.24) is 9.55 Å². The zero-order valence-corrected chi connectivity index (χ0v) is 14.9. The molecule has 1 N–H and O–H groups in total. The summed E-state index contributed by atoms with van der Waals surface area (Å²) >= 11 is 7.41. The topological polar surface area (TPSA) is 56.2 Å². The highest BCUT2D eigenvalue weighted by Crippen LogP contribution is 2.29. The Morgan fingerprint density at radius 2 is 2.30 bits per heavy atom. The van der Waals surface area contributed by atoms with Crippen LogP contribution in [0.15, 0.2) is 35.7 Å². The molecule has 0 bridgehead atoms. The number of amides is 1. The van der Waals surface area contributed by atoms with Gasteiger partial charge < -0.3 is 14.6 Å². The van der Waals surface area contributed by atoms with E-state index in [0.29, 0.717) is 16.5 Å². The van der Waals surface area contributed by atoms with Gasteiger partial charge in [0.2, 0.25) is 5.91 Å². The lowest BCUT2D eigenvalue weighted by atomic mass is 10.3. The molecule has 1 aromatic carbocycles. The quantitative estimate of drug-likeness (QED) is 0.762. The van der Waals surface area contributed by atoms with Gasteiger partial charge in [-0.05, 0) is 31.5 Å². The molecule has 7 heteroatoms. The number of rotatable bonds is 7. The van der Waals surface area contributed by atoms with E-state index in [9.17, 15) is 4.79 Å². The minimum atomic E-state index is -0.295. The van der Waals surface area contributed by atoms with Crippen molar-refractivity contribution in [3.05, 3.63) is 35.6 Å². The maximum atomic E-state index is 12.4. The third-order valence-corrected chi connectivity index (χ3v) is 4.57. The van der Waals surface area contributed by atoms with Gasteiger partial charge in [0.1, 0.15) is 5.75 Å². The number of aryl methyl sites for hydroxylation is 1. The van der Waals surface area contributed by atoms with Crippen LogP contribution in [-0.4, -0.2) is 27.8 Å². The zero-order valence-electron chi connectivity index (χ0n) is 13.4. The number of nitrogens with zero attached hydrogens (tertiary/aromatic N) is 2. The lowest BCUT2D eigenvalue weighted by Crippen LogP contribution is -2.23. The van der Waals surface area contributed by atoms with Gasteiger partial charge in [0, 0.05) is 24.0 Å². The van der Waals surface area contributed by atoms with Crippen LogP contribution in [0.4, 0.5) is 5.69 Å². The van der Waals surface area contributed by atoms with Crippen LogP contribution in [0, 0.1) is 0 Å². The number of carbonyl (C=O) groups is 1. The maximum Gasteiger partial charge on any atom is 0.237 e. The van der Waals surface area contributed by atoms with Gasteiger partial charge in [-0.3, -0.25) is 4.79 Å². The number of thioether (sulfide) groups is 1. The third kappa shape index (κ3) is 4.65. The van der Waals surface area contributed by atoms with E-state index in [1.54, 1.807) is 31.5 Å². The molecule has 0 saturated carbocycles. The van der Waals surface area contributed by atoms with Crippen molar-refractivity contribution in [2.24, 2.45) is 0 Å². The molecule has 5 nitrogen and oxygen atoms in total. The first-order chi connectivity index (χ1) is 11.0. The number of aromatic nitrogens is 2. The molecule has 0 aliphatic heterocycles. The van der Waals surface area contributed by atoms with Crippen molar-refractivity contribution in [3.63, 3.8) is 0 Å². The molecule has 0 radical (unpaired) electrons. The van der Waals surface area contributed by atoms with Crippen LogP contribution in [-0.2, 0) is 11.3 Å². The van der Waals surface area contributed by atoms with Crippen molar-refractivity contribution in [3.8, 4) is 5.75 Å². The van der Waals surface area contributed by atoms with Gasteiger partial charge in [-0.15, -0.1) is 0 Å².